The highest BCUT2D eigenvalue weighted by atomic mass is 16.3. The van der Waals surface area contributed by atoms with Crippen LogP contribution < -0.4 is 16.0 Å². The number of carbonyl (C=O) groups excluding carboxylic acids is 3. The Morgan fingerprint density at radius 3 is 2.35 bits per heavy atom. The highest BCUT2D eigenvalue weighted by Crippen LogP contribution is 2.54. The first-order valence-electron chi connectivity index (χ1n) is 13.8. The molecule has 1 saturated carbocycles. The monoisotopic (exact) mass is 592 g/mol. The molecule has 3 aliphatic rings. The van der Waals surface area contributed by atoms with Crippen LogP contribution in [0.1, 0.15) is 28.7 Å². The molecule has 5 rings (SSSR count). The normalized spacial score (nSPS) is 25.0. The van der Waals surface area contributed by atoms with E-state index in [0.717, 1.165) is 5.56 Å². The minimum atomic E-state index is -2.70. The summed E-state index contributed by atoms with van der Waals surface area (Å²) in [6.07, 6.45) is 0.192. The van der Waals surface area contributed by atoms with Gasteiger partial charge in [0.2, 0.25) is 5.78 Å². The van der Waals surface area contributed by atoms with Crippen molar-refractivity contribution in [1.29, 1.82) is 0 Å². The summed E-state index contributed by atoms with van der Waals surface area (Å²) in [5, 5.41) is 59.1. The van der Waals surface area contributed by atoms with Crippen molar-refractivity contribution in [2.24, 2.45) is 17.6 Å². The van der Waals surface area contributed by atoms with Gasteiger partial charge < -0.3 is 41.5 Å². The molecule has 0 spiro atoms. The molecule has 43 heavy (non-hydrogen) atoms. The van der Waals surface area contributed by atoms with Gasteiger partial charge in [-0.1, -0.05) is 12.1 Å². The van der Waals surface area contributed by atoms with E-state index in [1.165, 1.54) is 4.90 Å². The largest absolute Gasteiger partial charge is 0.508 e. The molecule has 0 aliphatic heterocycles. The van der Waals surface area contributed by atoms with Crippen LogP contribution in [0.15, 0.2) is 41.2 Å². The second kappa shape index (κ2) is 10.3. The van der Waals surface area contributed by atoms with E-state index >= 15 is 0 Å². The second-order valence-electron chi connectivity index (χ2n) is 12.0. The lowest BCUT2D eigenvalue weighted by molar-refractivity contribution is -0.153. The van der Waals surface area contributed by atoms with Crippen LogP contribution in [0.25, 0.3) is 5.76 Å². The van der Waals surface area contributed by atoms with Crippen molar-refractivity contribution < 1.29 is 39.9 Å². The summed E-state index contributed by atoms with van der Waals surface area (Å²) in [6.45, 7) is 2.00. The van der Waals surface area contributed by atoms with E-state index < -0.39 is 58.0 Å². The maximum Gasteiger partial charge on any atom is 0.255 e. The smallest absolute Gasteiger partial charge is 0.255 e. The average molecular weight is 593 g/mol. The molecule has 2 aromatic carbocycles. The molecule has 0 heterocycles. The maximum atomic E-state index is 14.1. The fourth-order valence-corrected chi connectivity index (χ4v) is 6.79. The highest BCUT2D eigenvalue weighted by molar-refractivity contribution is 6.24. The molecular weight excluding hydrogens is 556 g/mol. The molecule has 12 nitrogen and oxygen atoms in total. The van der Waals surface area contributed by atoms with Crippen molar-refractivity contribution in [2.45, 2.75) is 38.0 Å². The van der Waals surface area contributed by atoms with E-state index in [1.807, 2.05) is 6.07 Å². The van der Waals surface area contributed by atoms with Crippen molar-refractivity contribution in [2.75, 3.05) is 38.4 Å². The lowest BCUT2D eigenvalue weighted by Crippen LogP contribution is -2.65. The first-order chi connectivity index (χ1) is 20.1. The summed E-state index contributed by atoms with van der Waals surface area (Å²) in [4.78, 5) is 42.8. The van der Waals surface area contributed by atoms with Gasteiger partial charge in [-0.2, -0.15) is 0 Å². The lowest BCUT2D eigenvalue weighted by atomic mass is 9.57. The first kappa shape index (κ1) is 29.9. The number of ketones is 2. The molecule has 4 unspecified atom stereocenters. The van der Waals surface area contributed by atoms with Gasteiger partial charge in [0.15, 0.2) is 11.4 Å². The zero-order valence-corrected chi connectivity index (χ0v) is 24.6. The molecule has 2 aromatic rings. The third kappa shape index (κ3) is 4.40. The maximum absolute atomic E-state index is 14.1. The number of aliphatic hydroxyl groups excluding tert-OH is 2. The number of aromatic hydroxyl groups is 2. The number of benzene rings is 2. The van der Waals surface area contributed by atoms with Crippen molar-refractivity contribution >= 4 is 34.6 Å². The quantitative estimate of drug-likeness (QED) is 0.190. The summed E-state index contributed by atoms with van der Waals surface area (Å²) < 4.78 is 0. The number of carbonyl (C=O) groups is 3. The molecule has 12 heteroatoms. The van der Waals surface area contributed by atoms with Crippen molar-refractivity contribution in [3.63, 3.8) is 0 Å². The summed E-state index contributed by atoms with van der Waals surface area (Å²) >= 11 is 0. The summed E-state index contributed by atoms with van der Waals surface area (Å²) in [5.74, 6) is -6.85. The number of primary amides is 1. The third-order valence-electron chi connectivity index (χ3n) is 8.94. The number of nitrogens with one attached hydrogen (secondary N) is 1. The van der Waals surface area contributed by atoms with E-state index in [2.05, 4.69) is 5.32 Å². The van der Waals surface area contributed by atoms with Crippen molar-refractivity contribution in [1.82, 2.24) is 4.90 Å². The zero-order chi connectivity index (χ0) is 31.7. The average Bonchev–Trinajstić information content (AvgIpc) is 2.91. The number of likely N-dealkylation sites (N-methyl/N-ethyl adjacent to an activating group) is 1. The van der Waals surface area contributed by atoms with E-state index in [1.54, 1.807) is 58.2 Å². The van der Waals surface area contributed by atoms with Crippen LogP contribution in [-0.2, 0) is 27.3 Å². The van der Waals surface area contributed by atoms with Gasteiger partial charge in [0, 0.05) is 37.8 Å². The number of phenols is 2. The van der Waals surface area contributed by atoms with Gasteiger partial charge in [-0.25, -0.2) is 0 Å². The predicted octanol–water partition coefficient (Wildman–Crippen LogP) is 1.66. The van der Waals surface area contributed by atoms with Crippen LogP contribution >= 0.6 is 0 Å². The topological polar surface area (TPSA) is 197 Å². The lowest BCUT2D eigenvalue weighted by Gasteiger charge is -2.50. The van der Waals surface area contributed by atoms with Gasteiger partial charge in [0.25, 0.3) is 5.91 Å². The molecule has 8 N–H and O–H groups in total. The number of aryl methyl sites for hydroxylation is 1. The molecule has 228 valence electrons. The van der Waals surface area contributed by atoms with E-state index in [0.29, 0.717) is 16.8 Å². The molecule has 0 bridgehead atoms. The SMILES string of the molecule is Cc1ccc(CNc2cc(N(C)C)c3c(c2O)C(O)=C2C(=O)C4(O)C(O)=C(C(N)=O)C(=O)C(N(C)C)C4CC2C3)cc1O. The number of rotatable bonds is 6. The van der Waals surface area contributed by atoms with Crippen LogP contribution in [-0.4, -0.2) is 87.7 Å². The molecule has 1 fully saturated rings. The summed E-state index contributed by atoms with van der Waals surface area (Å²) in [6, 6.07) is 5.76. The van der Waals surface area contributed by atoms with Gasteiger partial charge in [0.05, 0.1) is 17.3 Å². The van der Waals surface area contributed by atoms with Crippen molar-refractivity contribution in [3.8, 4) is 11.5 Å². The number of fused-ring (bicyclic) bond motifs is 3. The highest BCUT2D eigenvalue weighted by Gasteiger charge is 2.64. The van der Waals surface area contributed by atoms with Crippen LogP contribution in [0.5, 0.6) is 11.5 Å². The number of phenolic OH excluding ortho intramolecular Hbond substituents is 2. The summed E-state index contributed by atoms with van der Waals surface area (Å²) in [7, 11) is 6.71. The molecule has 0 aromatic heterocycles. The first-order valence-corrected chi connectivity index (χ1v) is 13.8. The number of anilines is 2. The molecule has 4 atom stereocenters. The molecule has 0 saturated heterocycles. The van der Waals surface area contributed by atoms with Gasteiger partial charge in [-0.3, -0.25) is 19.3 Å². The van der Waals surface area contributed by atoms with Crippen LogP contribution in [0.4, 0.5) is 11.4 Å². The fraction of sp³-hybridized carbons (Fsp3) is 0.387. The molecule has 1 amide bonds. The van der Waals surface area contributed by atoms with Gasteiger partial charge in [-0.05, 0) is 68.6 Å². The Hall–Kier alpha value is -4.55. The minimum absolute atomic E-state index is 0.00302. The number of amides is 1. The molecule has 0 radical (unpaired) electrons. The van der Waals surface area contributed by atoms with Gasteiger partial charge in [-0.15, -0.1) is 0 Å². The van der Waals surface area contributed by atoms with E-state index in [4.69, 9.17) is 5.73 Å². The Balaban J connectivity index is 1.65. The number of nitrogens with two attached hydrogens (primary N) is 1. The van der Waals surface area contributed by atoms with E-state index in [-0.39, 0.29) is 47.7 Å². The second-order valence-corrected chi connectivity index (χ2v) is 12.0. The van der Waals surface area contributed by atoms with Crippen LogP contribution in [0.3, 0.4) is 0 Å². The molecular formula is C31H36N4O8. The zero-order valence-electron chi connectivity index (χ0n) is 24.6. The number of nitrogens with zero attached hydrogens (tertiary/aromatic N) is 2. The summed E-state index contributed by atoms with van der Waals surface area (Å²) in [5.41, 5.74) is 4.54. The standard InChI is InChI=1S/C31H36N4O8/c1-13-6-7-14(8-20(13)36)12-33-18-11-19(34(2)3)16-9-15-10-17-24(35(4)5)27(39)23(30(32)42)29(41)31(17,43)28(40)21(15)26(38)22(16)25(18)37/h6-8,11,15,17,24,33,36-38,41,43H,9-10,12H2,1-5H3,(H2,32,42). The Bertz CT molecular complexity index is 1640. The molecule has 3 aliphatic carbocycles. The van der Waals surface area contributed by atoms with Crippen molar-refractivity contribution in [3.05, 3.63) is 63.4 Å². The van der Waals surface area contributed by atoms with E-state index in [9.17, 15) is 39.9 Å². The van der Waals surface area contributed by atoms with Crippen LogP contribution in [0, 0.1) is 18.8 Å². The minimum Gasteiger partial charge on any atom is -0.508 e. The Kier molecular flexibility index (Phi) is 7.18. The number of hydrogen-bond donors (Lipinski definition) is 7. The Morgan fingerprint density at radius 2 is 1.77 bits per heavy atom. The predicted molar refractivity (Wildman–Crippen MR) is 159 cm³/mol. The van der Waals surface area contributed by atoms with Gasteiger partial charge >= 0.3 is 0 Å². The number of Topliss-reactive ketones (excluding diaryl/α,β-unsaturated/α-hetero) is 2. The van der Waals surface area contributed by atoms with Gasteiger partial charge in [0.1, 0.15) is 28.6 Å². The number of aliphatic hydroxyl groups is 3. The number of hydrogen-bond acceptors (Lipinski definition) is 11. The Morgan fingerprint density at radius 1 is 1.09 bits per heavy atom. The Labute approximate surface area is 248 Å². The fourth-order valence-electron chi connectivity index (χ4n) is 6.79. The van der Waals surface area contributed by atoms with Crippen LogP contribution in [0.2, 0.25) is 0 Å². The third-order valence-corrected chi connectivity index (χ3v) is 8.94.